The van der Waals surface area contributed by atoms with Gasteiger partial charge in [-0.1, -0.05) is 91.0 Å². The lowest BCUT2D eigenvalue weighted by atomic mass is 10.0. The Morgan fingerprint density at radius 3 is 1.42 bits per heavy atom. The van der Waals surface area contributed by atoms with E-state index in [0.29, 0.717) is 0 Å². The summed E-state index contributed by atoms with van der Waals surface area (Å²) in [5.41, 5.74) is 2.90. The molecule has 3 aromatic rings. The van der Waals surface area contributed by atoms with E-state index in [2.05, 4.69) is 0 Å². The Morgan fingerprint density at radius 1 is 0.576 bits per heavy atom. The van der Waals surface area contributed by atoms with Gasteiger partial charge in [-0.3, -0.25) is 0 Å². The van der Waals surface area contributed by atoms with Gasteiger partial charge in [0.15, 0.2) is 6.29 Å². The average Bonchev–Trinajstić information content (AvgIpc) is 2.98. The lowest BCUT2D eigenvalue weighted by Gasteiger charge is -2.33. The maximum atomic E-state index is 10.8. The Morgan fingerprint density at radius 2 is 0.970 bits per heavy atom. The molecule has 0 saturated carbocycles. The van der Waals surface area contributed by atoms with Crippen LogP contribution in [0.25, 0.3) is 0 Å². The van der Waals surface area contributed by atoms with E-state index >= 15 is 0 Å². The quantitative estimate of drug-likeness (QED) is 0.520. The minimum atomic E-state index is -1.27. The summed E-state index contributed by atoms with van der Waals surface area (Å²) in [6.07, 6.45) is -4.63. The van der Waals surface area contributed by atoms with Crippen molar-refractivity contribution in [2.75, 3.05) is 6.61 Å². The van der Waals surface area contributed by atoms with E-state index in [0.717, 1.165) is 16.7 Å². The molecule has 6 heteroatoms. The Balaban J connectivity index is 1.54. The fraction of sp³-hybridized carbons (Fsp3) is 0.333. The van der Waals surface area contributed by atoms with E-state index in [9.17, 15) is 10.2 Å². The van der Waals surface area contributed by atoms with E-state index in [4.69, 9.17) is 18.9 Å². The molecule has 1 fully saturated rings. The molecular formula is C27H30O6. The van der Waals surface area contributed by atoms with E-state index in [-0.39, 0.29) is 26.4 Å². The number of rotatable bonds is 9. The van der Waals surface area contributed by atoms with Crippen LogP contribution in [0.15, 0.2) is 91.0 Å². The molecule has 0 amide bonds. The highest BCUT2D eigenvalue weighted by atomic mass is 16.7. The van der Waals surface area contributed by atoms with Crippen molar-refractivity contribution in [1.82, 2.24) is 0 Å². The van der Waals surface area contributed by atoms with Crippen LogP contribution in [0.5, 0.6) is 0 Å². The number of hydrogen-bond acceptors (Lipinski definition) is 6. The van der Waals surface area contributed by atoms with Crippen molar-refractivity contribution < 1.29 is 29.2 Å². The summed E-state index contributed by atoms with van der Waals surface area (Å²) in [4.78, 5) is 0. The molecule has 1 aliphatic heterocycles. The Kier molecular flexibility index (Phi) is 8.60. The van der Waals surface area contributed by atoms with Crippen molar-refractivity contribution in [3.63, 3.8) is 0 Å². The predicted octanol–water partition coefficient (Wildman–Crippen LogP) is 3.45. The SMILES string of the molecule is OC1CO[C@@H](O)[C@H](OCc2ccccc2)[C@@H](OCc2ccccc2)[C@@H]1OCc1ccccc1. The van der Waals surface area contributed by atoms with Crippen LogP contribution in [-0.4, -0.2) is 47.5 Å². The summed E-state index contributed by atoms with van der Waals surface area (Å²) < 4.78 is 24.0. The van der Waals surface area contributed by atoms with Gasteiger partial charge in [0.25, 0.3) is 0 Å². The molecule has 3 aromatic carbocycles. The number of hydrogen-bond donors (Lipinski definition) is 2. The van der Waals surface area contributed by atoms with Crippen LogP contribution >= 0.6 is 0 Å². The average molecular weight is 451 g/mol. The first-order valence-electron chi connectivity index (χ1n) is 11.1. The molecule has 0 radical (unpaired) electrons. The lowest BCUT2D eigenvalue weighted by molar-refractivity contribution is -0.219. The minimum Gasteiger partial charge on any atom is -0.388 e. The smallest absolute Gasteiger partial charge is 0.183 e. The third-order valence-corrected chi connectivity index (χ3v) is 5.60. The molecule has 1 unspecified atom stereocenters. The molecule has 1 heterocycles. The molecule has 0 aromatic heterocycles. The Labute approximate surface area is 194 Å². The molecule has 174 valence electrons. The number of ether oxygens (including phenoxy) is 4. The summed E-state index contributed by atoms with van der Waals surface area (Å²) in [5.74, 6) is 0. The van der Waals surface area contributed by atoms with Gasteiger partial charge in [0.2, 0.25) is 0 Å². The summed E-state index contributed by atoms with van der Waals surface area (Å²) >= 11 is 0. The zero-order chi connectivity index (χ0) is 22.9. The summed E-state index contributed by atoms with van der Waals surface area (Å²) in [5, 5.41) is 21.5. The maximum Gasteiger partial charge on any atom is 0.183 e. The van der Waals surface area contributed by atoms with Crippen LogP contribution in [0.1, 0.15) is 16.7 Å². The topological polar surface area (TPSA) is 77.4 Å². The standard InChI is InChI=1S/C27H30O6/c28-23-19-33-27(29)26(32-18-22-14-8-3-9-15-22)25(31-17-21-12-6-2-7-13-21)24(23)30-16-20-10-4-1-5-11-20/h1-15,23-29H,16-19H2/t23?,24-,25+,26-,27-/m1/s1. The molecule has 0 bridgehead atoms. The molecule has 33 heavy (non-hydrogen) atoms. The van der Waals surface area contributed by atoms with Crippen LogP contribution in [-0.2, 0) is 38.8 Å². The van der Waals surface area contributed by atoms with Crippen LogP contribution < -0.4 is 0 Å². The highest BCUT2D eigenvalue weighted by Gasteiger charge is 2.44. The van der Waals surface area contributed by atoms with Gasteiger partial charge in [0.05, 0.1) is 26.4 Å². The fourth-order valence-corrected chi connectivity index (χ4v) is 3.83. The Bertz CT molecular complexity index is 879. The molecule has 0 spiro atoms. The number of benzene rings is 3. The summed E-state index contributed by atoms with van der Waals surface area (Å²) in [7, 11) is 0. The van der Waals surface area contributed by atoms with E-state index in [1.54, 1.807) is 0 Å². The van der Waals surface area contributed by atoms with Gasteiger partial charge in [0, 0.05) is 0 Å². The van der Waals surface area contributed by atoms with E-state index in [1.807, 2.05) is 91.0 Å². The zero-order valence-electron chi connectivity index (χ0n) is 18.4. The van der Waals surface area contributed by atoms with Crippen molar-refractivity contribution in [3.05, 3.63) is 108 Å². The fourth-order valence-electron chi connectivity index (χ4n) is 3.83. The van der Waals surface area contributed by atoms with Crippen molar-refractivity contribution in [3.8, 4) is 0 Å². The van der Waals surface area contributed by atoms with Gasteiger partial charge in [-0.05, 0) is 16.7 Å². The highest BCUT2D eigenvalue weighted by molar-refractivity contribution is 5.15. The van der Waals surface area contributed by atoms with Crippen LogP contribution in [0.2, 0.25) is 0 Å². The monoisotopic (exact) mass is 450 g/mol. The third-order valence-electron chi connectivity index (χ3n) is 5.60. The lowest BCUT2D eigenvalue weighted by Crippen LogP contribution is -2.50. The van der Waals surface area contributed by atoms with Gasteiger partial charge in [-0.15, -0.1) is 0 Å². The van der Waals surface area contributed by atoms with Crippen LogP contribution in [0.3, 0.4) is 0 Å². The van der Waals surface area contributed by atoms with Crippen molar-refractivity contribution in [1.29, 1.82) is 0 Å². The second kappa shape index (κ2) is 12.0. The number of aliphatic hydroxyl groups excluding tert-OH is 2. The minimum absolute atomic E-state index is 0.0863. The first-order valence-corrected chi connectivity index (χ1v) is 11.1. The summed E-state index contributed by atoms with van der Waals surface area (Å²) in [6.45, 7) is 0.742. The Hall–Kier alpha value is -2.58. The zero-order valence-corrected chi connectivity index (χ0v) is 18.4. The van der Waals surface area contributed by atoms with Gasteiger partial charge in [-0.2, -0.15) is 0 Å². The van der Waals surface area contributed by atoms with Crippen LogP contribution in [0, 0.1) is 0 Å². The molecule has 6 nitrogen and oxygen atoms in total. The third kappa shape index (κ3) is 6.71. The van der Waals surface area contributed by atoms with Gasteiger partial charge in [-0.25, -0.2) is 0 Å². The second-order valence-electron chi connectivity index (χ2n) is 8.07. The summed E-state index contributed by atoms with van der Waals surface area (Å²) in [6, 6.07) is 29.1. The first kappa shape index (κ1) is 23.6. The predicted molar refractivity (Wildman–Crippen MR) is 123 cm³/mol. The van der Waals surface area contributed by atoms with E-state index < -0.39 is 30.7 Å². The first-order chi connectivity index (χ1) is 16.2. The molecule has 1 saturated heterocycles. The van der Waals surface area contributed by atoms with Gasteiger partial charge < -0.3 is 29.2 Å². The van der Waals surface area contributed by atoms with Gasteiger partial charge in [0.1, 0.15) is 24.4 Å². The van der Waals surface area contributed by atoms with E-state index in [1.165, 1.54) is 0 Å². The normalized spacial score (nSPS) is 25.5. The molecule has 1 aliphatic rings. The molecule has 2 N–H and O–H groups in total. The molecule has 5 atom stereocenters. The molecular weight excluding hydrogens is 420 g/mol. The molecule has 4 rings (SSSR count). The van der Waals surface area contributed by atoms with Crippen molar-refractivity contribution in [2.24, 2.45) is 0 Å². The largest absolute Gasteiger partial charge is 0.388 e. The number of aliphatic hydroxyl groups is 2. The van der Waals surface area contributed by atoms with Crippen molar-refractivity contribution >= 4 is 0 Å². The van der Waals surface area contributed by atoms with Crippen LogP contribution in [0.4, 0.5) is 0 Å². The molecule has 0 aliphatic carbocycles. The van der Waals surface area contributed by atoms with Gasteiger partial charge >= 0.3 is 0 Å². The highest BCUT2D eigenvalue weighted by Crippen LogP contribution is 2.26. The van der Waals surface area contributed by atoms with Crippen molar-refractivity contribution in [2.45, 2.75) is 50.5 Å². The maximum absolute atomic E-state index is 10.8. The second-order valence-corrected chi connectivity index (χ2v) is 8.07.